The van der Waals surface area contributed by atoms with Gasteiger partial charge in [-0.2, -0.15) is 0 Å². The normalized spacial score (nSPS) is 24.6. The summed E-state index contributed by atoms with van der Waals surface area (Å²) in [6.07, 6.45) is 5.07. The summed E-state index contributed by atoms with van der Waals surface area (Å²) in [6, 6.07) is 2.41. The van der Waals surface area contributed by atoms with Crippen molar-refractivity contribution < 1.29 is 19.0 Å². The molecule has 2 aliphatic heterocycles. The topological polar surface area (TPSA) is 84.1 Å². The number of carbonyl (C=O) groups excluding carboxylic acids is 1. The van der Waals surface area contributed by atoms with Crippen LogP contribution in [-0.4, -0.2) is 59.8 Å². The summed E-state index contributed by atoms with van der Waals surface area (Å²) in [4.78, 5) is 33.5. The van der Waals surface area contributed by atoms with E-state index >= 15 is 0 Å². The molecule has 206 valence electrons. The first kappa shape index (κ1) is 26.6. The predicted molar refractivity (Wildman–Crippen MR) is 146 cm³/mol. The molecule has 38 heavy (non-hydrogen) atoms. The minimum atomic E-state index is -0.733. The van der Waals surface area contributed by atoms with Gasteiger partial charge in [0.15, 0.2) is 11.5 Å². The Bertz CT molecular complexity index is 1310. The Hall–Kier alpha value is -3.00. The Morgan fingerprint density at radius 2 is 1.76 bits per heavy atom. The number of fused-ring (bicyclic) bond motifs is 2. The van der Waals surface area contributed by atoms with E-state index in [2.05, 4.69) is 30.8 Å². The summed E-state index contributed by atoms with van der Waals surface area (Å²) in [5.74, 6) is 1.45. The fraction of sp³-hybridized carbons (Fsp3) is 0.600. The summed E-state index contributed by atoms with van der Waals surface area (Å²) in [5.41, 5.74) is 4.46. The minimum absolute atomic E-state index is 0.0861. The highest BCUT2D eigenvalue weighted by molar-refractivity contribution is 6.00. The molecule has 1 fully saturated rings. The Morgan fingerprint density at radius 1 is 1.11 bits per heavy atom. The van der Waals surface area contributed by atoms with Crippen LogP contribution in [-0.2, 0) is 13.0 Å². The molecule has 0 spiro atoms. The van der Waals surface area contributed by atoms with E-state index in [0.717, 1.165) is 60.4 Å². The molecular weight excluding hydrogens is 482 g/mol. The molecule has 3 aliphatic rings. The van der Waals surface area contributed by atoms with E-state index < -0.39 is 5.79 Å². The molecule has 1 atom stereocenters. The van der Waals surface area contributed by atoms with E-state index in [0.29, 0.717) is 47.6 Å². The third kappa shape index (κ3) is 4.36. The summed E-state index contributed by atoms with van der Waals surface area (Å²) in [5, 5.41) is 0. The van der Waals surface area contributed by atoms with Gasteiger partial charge in [0.1, 0.15) is 5.75 Å². The first-order valence-corrected chi connectivity index (χ1v) is 13.9. The number of methoxy groups -OCH3 is 1. The van der Waals surface area contributed by atoms with Crippen LogP contribution in [0.4, 0.5) is 0 Å². The minimum Gasteiger partial charge on any atom is -0.496 e. The fourth-order valence-electron chi connectivity index (χ4n) is 6.61. The molecule has 0 bridgehead atoms. The van der Waals surface area contributed by atoms with Gasteiger partial charge in [0.25, 0.3) is 17.3 Å². The summed E-state index contributed by atoms with van der Waals surface area (Å²) < 4.78 is 18.7. The van der Waals surface area contributed by atoms with Crippen LogP contribution < -0.4 is 19.8 Å². The number of aryl methyl sites for hydroxylation is 1. The smallest absolute Gasteiger partial charge is 0.256 e. The molecular formula is C30H41N3O5. The van der Waals surface area contributed by atoms with Gasteiger partial charge in [0.05, 0.1) is 19.2 Å². The van der Waals surface area contributed by atoms with Crippen molar-refractivity contribution in [3.05, 3.63) is 49.9 Å². The second kappa shape index (κ2) is 9.95. The molecule has 1 N–H and O–H groups in total. The third-order valence-corrected chi connectivity index (χ3v) is 9.12. The number of pyridine rings is 1. The molecule has 1 unspecified atom stereocenters. The molecule has 0 saturated heterocycles. The third-order valence-electron chi connectivity index (χ3n) is 9.12. The highest BCUT2D eigenvalue weighted by Gasteiger charge is 2.48. The molecule has 1 aliphatic carbocycles. The van der Waals surface area contributed by atoms with E-state index in [1.165, 1.54) is 0 Å². The highest BCUT2D eigenvalue weighted by Crippen LogP contribution is 2.52. The van der Waals surface area contributed by atoms with Crippen LogP contribution in [0.25, 0.3) is 0 Å². The van der Waals surface area contributed by atoms with Crippen LogP contribution in [0.1, 0.15) is 77.8 Å². The van der Waals surface area contributed by atoms with E-state index in [-0.39, 0.29) is 18.0 Å². The molecule has 0 radical (unpaired) electrons. The van der Waals surface area contributed by atoms with Gasteiger partial charge >= 0.3 is 0 Å². The molecule has 1 aromatic carbocycles. The van der Waals surface area contributed by atoms with Gasteiger partial charge < -0.3 is 29.0 Å². The van der Waals surface area contributed by atoms with E-state index in [1.807, 2.05) is 20.8 Å². The van der Waals surface area contributed by atoms with Crippen molar-refractivity contribution in [1.82, 2.24) is 14.8 Å². The van der Waals surface area contributed by atoms with Crippen molar-refractivity contribution >= 4 is 5.91 Å². The van der Waals surface area contributed by atoms with Crippen LogP contribution in [0.5, 0.6) is 17.2 Å². The molecule has 3 heterocycles. The average molecular weight is 524 g/mol. The Kier molecular flexibility index (Phi) is 6.97. The van der Waals surface area contributed by atoms with Gasteiger partial charge in [0.2, 0.25) is 0 Å². The number of benzene rings is 1. The average Bonchev–Trinajstić information content (AvgIpc) is 3.28. The number of aromatic nitrogens is 1. The Morgan fingerprint density at radius 3 is 2.39 bits per heavy atom. The fourth-order valence-corrected chi connectivity index (χ4v) is 6.61. The van der Waals surface area contributed by atoms with Crippen molar-refractivity contribution in [2.45, 2.75) is 85.1 Å². The van der Waals surface area contributed by atoms with Crippen molar-refractivity contribution in [2.24, 2.45) is 5.92 Å². The van der Waals surface area contributed by atoms with Crippen LogP contribution in [0, 0.1) is 26.7 Å². The maximum atomic E-state index is 13.8. The lowest BCUT2D eigenvalue weighted by atomic mass is 9.81. The van der Waals surface area contributed by atoms with Gasteiger partial charge in [-0.3, -0.25) is 9.59 Å². The number of aromatic amines is 1. The molecule has 2 aromatic rings. The largest absolute Gasteiger partial charge is 0.496 e. The summed E-state index contributed by atoms with van der Waals surface area (Å²) in [7, 11) is 3.75. The number of amides is 1. The first-order valence-electron chi connectivity index (χ1n) is 13.9. The Labute approximate surface area is 225 Å². The molecule has 1 amide bonds. The van der Waals surface area contributed by atoms with Crippen molar-refractivity contribution in [3.8, 4) is 17.2 Å². The summed E-state index contributed by atoms with van der Waals surface area (Å²) in [6.45, 7) is 11.8. The van der Waals surface area contributed by atoms with Crippen molar-refractivity contribution in [2.75, 3.05) is 27.2 Å². The standard InChI is InChI=1S/C30H41N3O5/c1-8-32(6)21-11-9-20(10-12-21)30(5)37-26-18(3)22-13-14-33(29(35)25(22)19(4)27(26)38-30)16-23-24(36-7)15-17(2)31-28(23)34/h15,20-21H,8-14,16H2,1-7H3,(H,31,34)/t20-,21-,30?. The van der Waals surface area contributed by atoms with E-state index in [4.69, 9.17) is 14.2 Å². The quantitative estimate of drug-likeness (QED) is 0.600. The number of carbonyl (C=O) groups is 1. The first-order chi connectivity index (χ1) is 18.1. The number of nitrogens with zero attached hydrogens (tertiary/aromatic N) is 2. The van der Waals surface area contributed by atoms with E-state index in [1.54, 1.807) is 18.1 Å². The SMILES string of the molecule is CCN(C)[C@H]1CC[C@H](C2(C)Oc3c(C)c4c(c(C)c3O2)C(=O)N(Cc2c(OC)cc(C)[nH]c2=O)CC4)CC1. The lowest BCUT2D eigenvalue weighted by Crippen LogP contribution is -2.47. The maximum Gasteiger partial charge on any atom is 0.256 e. The van der Waals surface area contributed by atoms with Crippen molar-refractivity contribution in [1.29, 1.82) is 0 Å². The van der Waals surface area contributed by atoms with Gasteiger partial charge in [-0.05, 0) is 83.7 Å². The predicted octanol–water partition coefficient (Wildman–Crippen LogP) is 4.51. The molecule has 8 nitrogen and oxygen atoms in total. The van der Waals surface area contributed by atoms with E-state index in [9.17, 15) is 9.59 Å². The van der Waals surface area contributed by atoms with Gasteiger partial charge in [-0.15, -0.1) is 0 Å². The number of hydrogen-bond donors (Lipinski definition) is 1. The second-order valence-corrected chi connectivity index (χ2v) is 11.4. The summed E-state index contributed by atoms with van der Waals surface area (Å²) >= 11 is 0. The number of ether oxygens (including phenoxy) is 3. The highest BCUT2D eigenvalue weighted by atomic mass is 16.7. The zero-order chi connectivity index (χ0) is 27.4. The Balaban J connectivity index is 1.41. The van der Waals surface area contributed by atoms with Crippen LogP contribution >= 0.6 is 0 Å². The molecule has 1 saturated carbocycles. The molecule has 5 rings (SSSR count). The van der Waals surface area contributed by atoms with Crippen molar-refractivity contribution in [3.63, 3.8) is 0 Å². The molecule has 8 heteroatoms. The lowest BCUT2D eigenvalue weighted by Gasteiger charge is -2.39. The number of nitrogens with one attached hydrogen (secondary N) is 1. The number of H-pyrrole nitrogens is 1. The zero-order valence-electron chi connectivity index (χ0n) is 23.8. The van der Waals surface area contributed by atoms with Gasteiger partial charge in [-0.25, -0.2) is 0 Å². The molecule has 1 aromatic heterocycles. The van der Waals surface area contributed by atoms with Crippen LogP contribution in [0.15, 0.2) is 10.9 Å². The lowest BCUT2D eigenvalue weighted by molar-refractivity contribution is -0.123. The van der Waals surface area contributed by atoms with Gasteiger partial charge in [-0.1, -0.05) is 6.92 Å². The van der Waals surface area contributed by atoms with Crippen LogP contribution in [0.3, 0.4) is 0 Å². The number of rotatable bonds is 6. The monoisotopic (exact) mass is 523 g/mol. The number of hydrogen-bond acceptors (Lipinski definition) is 6. The maximum absolute atomic E-state index is 13.8. The van der Waals surface area contributed by atoms with Gasteiger partial charge in [0, 0.05) is 42.2 Å². The zero-order valence-corrected chi connectivity index (χ0v) is 23.8. The second-order valence-electron chi connectivity index (χ2n) is 11.4. The van der Waals surface area contributed by atoms with Crippen LogP contribution in [0.2, 0.25) is 0 Å².